The molecule has 3 amide bonds. The first-order chi connectivity index (χ1) is 14.0. The molecule has 1 aliphatic heterocycles. The summed E-state index contributed by atoms with van der Waals surface area (Å²) < 4.78 is 2.40. The quantitative estimate of drug-likeness (QED) is 0.312. The average molecular weight is 476 g/mol. The predicted molar refractivity (Wildman–Crippen MR) is 109 cm³/mol. The highest BCUT2D eigenvalue weighted by Gasteiger charge is 2.26. The van der Waals surface area contributed by atoms with E-state index in [0.717, 1.165) is 21.6 Å². The average Bonchev–Trinajstić information content (AvgIpc) is 3.10. The zero-order chi connectivity index (χ0) is 20.0. The van der Waals surface area contributed by atoms with Gasteiger partial charge in [0.1, 0.15) is 5.70 Å². The Kier molecular flexibility index (Phi) is 4.39. The van der Waals surface area contributed by atoms with E-state index in [1.54, 1.807) is 23.0 Å². The number of amides is 3. The Morgan fingerprint density at radius 3 is 2.83 bits per heavy atom. The van der Waals surface area contributed by atoms with Crippen molar-refractivity contribution in [2.45, 2.75) is 25.4 Å². The van der Waals surface area contributed by atoms with Crippen LogP contribution in [0.2, 0.25) is 0 Å². The first-order valence-electron chi connectivity index (χ1n) is 8.75. The molecule has 5 rings (SSSR count). The highest BCUT2D eigenvalue weighted by atomic mass is 79.9. The smallest absolute Gasteiger partial charge is 0.326 e. The van der Waals surface area contributed by atoms with E-state index in [-0.39, 0.29) is 5.70 Å². The van der Waals surface area contributed by atoms with Gasteiger partial charge in [-0.1, -0.05) is 0 Å². The van der Waals surface area contributed by atoms with Gasteiger partial charge in [0.25, 0.3) is 5.91 Å². The van der Waals surface area contributed by atoms with Crippen LogP contribution in [0.5, 0.6) is 0 Å². The van der Waals surface area contributed by atoms with Crippen molar-refractivity contribution in [2.24, 2.45) is 0 Å². The number of imide groups is 1. The van der Waals surface area contributed by atoms with Crippen LogP contribution in [0.1, 0.15) is 23.3 Å². The van der Waals surface area contributed by atoms with Crippen molar-refractivity contribution in [3.63, 3.8) is 0 Å². The summed E-state index contributed by atoms with van der Waals surface area (Å²) in [4.78, 5) is 37.5. The number of aromatic nitrogens is 5. The normalized spacial score (nSPS) is 17.6. The zero-order valence-electron chi connectivity index (χ0n) is 14.8. The third-order valence-electron chi connectivity index (χ3n) is 4.27. The number of urea groups is 1. The number of hydrogen-bond acceptors (Lipinski definition) is 9. The Hall–Kier alpha value is -3.06. The van der Waals surface area contributed by atoms with Crippen molar-refractivity contribution in [1.29, 1.82) is 0 Å². The van der Waals surface area contributed by atoms with Crippen LogP contribution in [-0.2, 0) is 11.3 Å². The van der Waals surface area contributed by atoms with Gasteiger partial charge in [-0.05, 0) is 34.8 Å². The number of hydrogen-bond donors (Lipinski definition) is 4. The number of halogens is 1. The molecule has 1 saturated heterocycles. The molecule has 2 fully saturated rings. The lowest BCUT2D eigenvalue weighted by molar-refractivity contribution is -0.115. The SMILES string of the molecule is O=C1NC(=O)/C(=C/c2cnn3c(NC4CC4)nc(NCc4cnc(Br)s4)nc23)N1. The molecule has 2 aliphatic rings. The second kappa shape index (κ2) is 7.08. The Bertz CT molecular complexity index is 1170. The standard InChI is InChI=1S/C16H14BrN9O2S/c17-13-18-5-9(29-13)6-19-14-23-11-7(3-10-12(27)24-16(28)22-10)4-20-26(11)15(25-14)21-8-1-2-8/h3-5,8H,1-2,6H2,(H2,19,21,23,25)(H2,22,24,27,28)/b10-3-. The molecule has 4 N–H and O–H groups in total. The molecule has 0 aromatic carbocycles. The van der Waals surface area contributed by atoms with Gasteiger partial charge in [0.05, 0.1) is 12.7 Å². The topological polar surface area (TPSA) is 138 Å². The predicted octanol–water partition coefficient (Wildman–Crippen LogP) is 1.71. The molecule has 11 nitrogen and oxygen atoms in total. The first-order valence-corrected chi connectivity index (χ1v) is 10.4. The van der Waals surface area contributed by atoms with E-state index in [1.165, 1.54) is 11.3 Å². The van der Waals surface area contributed by atoms with E-state index in [4.69, 9.17) is 0 Å². The fourth-order valence-corrected chi connectivity index (χ4v) is 4.05. The number of nitrogens with zero attached hydrogens (tertiary/aromatic N) is 5. The molecule has 0 atom stereocenters. The van der Waals surface area contributed by atoms with E-state index in [2.05, 4.69) is 57.2 Å². The van der Waals surface area contributed by atoms with Crippen molar-refractivity contribution >= 4 is 62.8 Å². The molecule has 29 heavy (non-hydrogen) atoms. The second-order valence-electron chi connectivity index (χ2n) is 6.52. The molecule has 0 radical (unpaired) electrons. The van der Waals surface area contributed by atoms with Crippen LogP contribution in [0.15, 0.2) is 22.0 Å². The van der Waals surface area contributed by atoms with Crippen molar-refractivity contribution in [3.05, 3.63) is 32.4 Å². The Balaban J connectivity index is 1.50. The second-order valence-corrected chi connectivity index (χ2v) is 8.92. The number of fused-ring (bicyclic) bond motifs is 1. The lowest BCUT2D eigenvalue weighted by Crippen LogP contribution is -2.22. The van der Waals surface area contributed by atoms with Gasteiger partial charge in [-0.3, -0.25) is 10.1 Å². The number of anilines is 2. The highest BCUT2D eigenvalue weighted by molar-refractivity contribution is 9.11. The summed E-state index contributed by atoms with van der Waals surface area (Å²) in [5, 5.41) is 15.5. The highest BCUT2D eigenvalue weighted by Crippen LogP contribution is 2.26. The summed E-state index contributed by atoms with van der Waals surface area (Å²) in [6, 6.07) is -0.189. The first kappa shape index (κ1) is 18.0. The molecular weight excluding hydrogens is 462 g/mol. The zero-order valence-corrected chi connectivity index (χ0v) is 17.2. The molecule has 4 heterocycles. The van der Waals surface area contributed by atoms with Crippen LogP contribution in [-0.4, -0.2) is 42.5 Å². The van der Waals surface area contributed by atoms with Crippen molar-refractivity contribution in [3.8, 4) is 0 Å². The van der Waals surface area contributed by atoms with Gasteiger partial charge in [0.2, 0.25) is 11.9 Å². The molecule has 3 aromatic heterocycles. The third-order valence-corrected chi connectivity index (χ3v) is 5.75. The lowest BCUT2D eigenvalue weighted by Gasteiger charge is -2.09. The molecular formula is C16H14BrN9O2S. The van der Waals surface area contributed by atoms with E-state index >= 15 is 0 Å². The maximum absolute atomic E-state index is 11.8. The lowest BCUT2D eigenvalue weighted by atomic mass is 10.2. The fraction of sp³-hybridized carbons (Fsp3) is 0.250. The molecule has 0 spiro atoms. The largest absolute Gasteiger partial charge is 0.351 e. The summed E-state index contributed by atoms with van der Waals surface area (Å²) in [5.74, 6) is 0.495. The number of carbonyl (C=O) groups is 2. The molecule has 3 aromatic rings. The minimum absolute atomic E-state index is 0.143. The summed E-state index contributed by atoms with van der Waals surface area (Å²) >= 11 is 4.87. The van der Waals surface area contributed by atoms with Gasteiger partial charge in [-0.15, -0.1) is 11.3 Å². The van der Waals surface area contributed by atoms with E-state index in [9.17, 15) is 9.59 Å². The number of rotatable bonds is 6. The van der Waals surface area contributed by atoms with Gasteiger partial charge in [0, 0.05) is 22.7 Å². The van der Waals surface area contributed by atoms with Crippen LogP contribution in [0.25, 0.3) is 11.7 Å². The maximum Gasteiger partial charge on any atom is 0.326 e. The summed E-state index contributed by atoms with van der Waals surface area (Å²) in [5.41, 5.74) is 1.24. The third kappa shape index (κ3) is 3.78. The number of nitrogens with one attached hydrogen (secondary N) is 4. The van der Waals surface area contributed by atoms with Gasteiger partial charge in [-0.25, -0.2) is 9.78 Å². The van der Waals surface area contributed by atoms with Crippen molar-refractivity contribution in [2.75, 3.05) is 10.6 Å². The summed E-state index contributed by atoms with van der Waals surface area (Å²) in [6.07, 6.45) is 7.05. The maximum atomic E-state index is 11.8. The van der Waals surface area contributed by atoms with Crippen LogP contribution in [0.3, 0.4) is 0 Å². The van der Waals surface area contributed by atoms with Gasteiger partial charge < -0.3 is 16.0 Å². The van der Waals surface area contributed by atoms with Gasteiger partial charge in [0.15, 0.2) is 9.56 Å². The number of carbonyl (C=O) groups excluding carboxylic acids is 2. The summed E-state index contributed by atoms with van der Waals surface area (Å²) in [6.45, 7) is 0.519. The van der Waals surface area contributed by atoms with Crippen LogP contribution in [0.4, 0.5) is 16.7 Å². The Labute approximate surface area is 176 Å². The van der Waals surface area contributed by atoms with Crippen LogP contribution >= 0.6 is 27.3 Å². The van der Waals surface area contributed by atoms with E-state index in [0.29, 0.717) is 35.7 Å². The van der Waals surface area contributed by atoms with Crippen LogP contribution in [0, 0.1) is 0 Å². The Morgan fingerprint density at radius 1 is 1.28 bits per heavy atom. The minimum Gasteiger partial charge on any atom is -0.351 e. The molecule has 1 saturated carbocycles. The van der Waals surface area contributed by atoms with Gasteiger partial charge >= 0.3 is 6.03 Å². The molecule has 1 aliphatic carbocycles. The van der Waals surface area contributed by atoms with Crippen molar-refractivity contribution in [1.82, 2.24) is 35.2 Å². The monoisotopic (exact) mass is 475 g/mol. The Morgan fingerprint density at radius 2 is 2.14 bits per heavy atom. The summed E-state index contributed by atoms with van der Waals surface area (Å²) in [7, 11) is 0. The van der Waals surface area contributed by atoms with Crippen LogP contribution < -0.4 is 21.3 Å². The molecule has 0 bridgehead atoms. The molecule has 148 valence electrons. The fourth-order valence-electron chi connectivity index (χ4n) is 2.75. The molecule has 0 unspecified atom stereocenters. The number of thiazole rings is 1. The minimum atomic E-state index is -0.554. The van der Waals surface area contributed by atoms with Crippen molar-refractivity contribution < 1.29 is 9.59 Å². The molecule has 13 heteroatoms. The van der Waals surface area contributed by atoms with E-state index < -0.39 is 11.9 Å². The van der Waals surface area contributed by atoms with E-state index in [1.807, 2.05) is 0 Å². The van der Waals surface area contributed by atoms with Gasteiger partial charge in [-0.2, -0.15) is 19.6 Å².